The van der Waals surface area contributed by atoms with Crippen LogP contribution in [0.1, 0.15) is 57.8 Å². The number of hydrogen-bond acceptors (Lipinski definition) is 3. The van der Waals surface area contributed by atoms with Crippen LogP contribution in [0.5, 0.6) is 0 Å². The van der Waals surface area contributed by atoms with Crippen molar-refractivity contribution in [1.82, 2.24) is 15.2 Å². The zero-order chi connectivity index (χ0) is 38.4. The highest BCUT2D eigenvalue weighted by atomic mass is 32.1. The molecule has 2 aliphatic carbocycles. The van der Waals surface area contributed by atoms with Gasteiger partial charge >= 0.3 is 0 Å². The molecular formula is C54H41N3S. The first-order chi connectivity index (χ1) is 28.8. The summed E-state index contributed by atoms with van der Waals surface area (Å²) >= 11 is 1.95. The monoisotopic (exact) mass is 763 g/mol. The second-order valence-electron chi connectivity index (χ2n) is 15.9. The van der Waals surface area contributed by atoms with Crippen LogP contribution in [0.4, 0.5) is 0 Å². The van der Waals surface area contributed by atoms with E-state index in [-0.39, 0.29) is 6.04 Å². The van der Waals surface area contributed by atoms with Gasteiger partial charge in [0.25, 0.3) is 0 Å². The maximum Gasteiger partial charge on any atom is 0.0717 e. The van der Waals surface area contributed by atoms with E-state index in [1.807, 2.05) is 11.3 Å². The molecule has 2 aromatic heterocycles. The summed E-state index contributed by atoms with van der Waals surface area (Å²) in [6.07, 6.45) is 9.26. The Morgan fingerprint density at radius 1 is 0.724 bits per heavy atom. The van der Waals surface area contributed by atoms with Gasteiger partial charge in [-0.1, -0.05) is 152 Å². The van der Waals surface area contributed by atoms with Gasteiger partial charge in [0.1, 0.15) is 0 Å². The summed E-state index contributed by atoms with van der Waals surface area (Å²) in [7, 11) is 2.05. The topological polar surface area (TPSA) is 29.0 Å². The van der Waals surface area contributed by atoms with Crippen molar-refractivity contribution in [2.75, 3.05) is 7.05 Å². The van der Waals surface area contributed by atoms with E-state index in [4.69, 9.17) is 0 Å². The molecule has 7 aromatic carbocycles. The molecule has 2 atom stereocenters. The maximum atomic E-state index is 3.93. The van der Waals surface area contributed by atoms with Gasteiger partial charge in [0.05, 0.1) is 28.2 Å². The molecular weight excluding hydrogens is 723 g/mol. The van der Waals surface area contributed by atoms with Gasteiger partial charge in [-0.3, -0.25) is 0 Å². The Morgan fingerprint density at radius 2 is 1.47 bits per heavy atom. The summed E-state index contributed by atoms with van der Waals surface area (Å²) in [6, 6.07) is 58.6. The van der Waals surface area contributed by atoms with Crippen molar-refractivity contribution >= 4 is 64.6 Å². The second-order valence-corrected chi connectivity index (χ2v) is 16.9. The van der Waals surface area contributed by atoms with Crippen LogP contribution in [0.3, 0.4) is 0 Å². The van der Waals surface area contributed by atoms with Gasteiger partial charge in [-0.05, 0) is 88.7 Å². The Kier molecular flexibility index (Phi) is 7.57. The zero-order valence-electron chi connectivity index (χ0n) is 32.3. The van der Waals surface area contributed by atoms with Crippen LogP contribution in [-0.2, 0) is 12.0 Å². The predicted molar refractivity (Wildman–Crippen MR) is 245 cm³/mol. The molecule has 0 saturated heterocycles. The highest BCUT2D eigenvalue weighted by molar-refractivity contribution is 7.27. The summed E-state index contributed by atoms with van der Waals surface area (Å²) in [5.41, 5.74) is 16.9. The molecule has 3 nitrogen and oxygen atoms in total. The van der Waals surface area contributed by atoms with Gasteiger partial charge in [0.15, 0.2) is 0 Å². The lowest BCUT2D eigenvalue weighted by molar-refractivity contribution is 0.685. The third kappa shape index (κ3) is 4.64. The number of para-hydroxylation sites is 2. The van der Waals surface area contributed by atoms with Crippen LogP contribution in [-0.4, -0.2) is 11.6 Å². The molecule has 1 aliphatic heterocycles. The fourth-order valence-electron chi connectivity index (χ4n) is 10.6. The molecule has 0 amide bonds. The number of benzene rings is 7. The molecule has 278 valence electrons. The first-order valence-electron chi connectivity index (χ1n) is 20.5. The lowest BCUT2D eigenvalue weighted by Gasteiger charge is -2.41. The average molecular weight is 764 g/mol. The van der Waals surface area contributed by atoms with Crippen molar-refractivity contribution < 1.29 is 0 Å². The molecule has 12 rings (SSSR count). The Hall–Kier alpha value is -6.46. The van der Waals surface area contributed by atoms with Crippen LogP contribution in [0.2, 0.25) is 0 Å². The molecule has 58 heavy (non-hydrogen) atoms. The number of fused-ring (bicyclic) bond motifs is 15. The van der Waals surface area contributed by atoms with Gasteiger partial charge in [-0.25, -0.2) is 0 Å². The number of nitrogens with one attached hydrogen (secondary N) is 2. The number of hydrogen-bond donors (Lipinski definition) is 2. The van der Waals surface area contributed by atoms with E-state index in [2.05, 4.69) is 198 Å². The van der Waals surface area contributed by atoms with Gasteiger partial charge in [0, 0.05) is 48.7 Å². The minimum absolute atomic E-state index is 0.0299. The molecule has 2 N–H and O–H groups in total. The quantitative estimate of drug-likeness (QED) is 0.169. The van der Waals surface area contributed by atoms with Crippen molar-refractivity contribution in [2.24, 2.45) is 0 Å². The van der Waals surface area contributed by atoms with Crippen LogP contribution in [0.15, 0.2) is 182 Å². The largest absolute Gasteiger partial charge is 0.381 e. The summed E-state index contributed by atoms with van der Waals surface area (Å²) < 4.78 is 5.25. The van der Waals surface area contributed by atoms with E-state index >= 15 is 0 Å². The lowest BCUT2D eigenvalue weighted by atomic mass is 9.63. The smallest absolute Gasteiger partial charge is 0.0717 e. The molecule has 0 fully saturated rings. The summed E-state index contributed by atoms with van der Waals surface area (Å²) in [4.78, 5) is 0. The Bertz CT molecular complexity index is 3220. The van der Waals surface area contributed by atoms with Crippen molar-refractivity contribution in [2.45, 2.75) is 30.8 Å². The van der Waals surface area contributed by atoms with Crippen LogP contribution in [0.25, 0.3) is 58.9 Å². The van der Waals surface area contributed by atoms with Gasteiger partial charge < -0.3 is 15.2 Å². The molecule has 1 spiro atoms. The fourth-order valence-corrected chi connectivity index (χ4v) is 12.0. The van der Waals surface area contributed by atoms with Crippen LogP contribution < -0.4 is 10.6 Å². The van der Waals surface area contributed by atoms with Crippen LogP contribution in [0, 0.1) is 0 Å². The maximum absolute atomic E-state index is 3.93. The zero-order valence-corrected chi connectivity index (χ0v) is 33.1. The van der Waals surface area contributed by atoms with E-state index in [1.54, 1.807) is 0 Å². The summed E-state index contributed by atoms with van der Waals surface area (Å²) in [6.45, 7) is 0.729. The molecule has 0 radical (unpaired) electrons. The lowest BCUT2D eigenvalue weighted by Crippen LogP contribution is -2.34. The minimum Gasteiger partial charge on any atom is -0.381 e. The summed E-state index contributed by atoms with van der Waals surface area (Å²) in [5, 5.41) is 12.8. The predicted octanol–water partition coefficient (Wildman–Crippen LogP) is 13.0. The minimum atomic E-state index is -0.395. The Morgan fingerprint density at radius 3 is 2.33 bits per heavy atom. The van der Waals surface area contributed by atoms with E-state index < -0.39 is 5.41 Å². The van der Waals surface area contributed by atoms with E-state index in [9.17, 15) is 0 Å². The Balaban J connectivity index is 1.19. The third-order valence-corrected chi connectivity index (χ3v) is 14.3. The standard InChI is InChI=1S/C54H41N3S/c1-55-46(35-19-6-3-7-20-35)32-47(56-33-34-17-4-2-5-18-34)39-25-16-24-38-41-31-45-51-50(53(41)58-52(38)39)40-23-10-14-29-48(40)57(51)49-30-15-13-28-44(49)54(45)42-26-11-8-21-36(42)37-22-9-12-27-43(37)54/h2-11,13-26,28-32,46,55-56H,12,27,33H2,1H3/b47-32-. The van der Waals surface area contributed by atoms with Crippen molar-refractivity contribution in [3.63, 3.8) is 0 Å². The molecule has 0 saturated carbocycles. The highest BCUT2D eigenvalue weighted by Gasteiger charge is 2.52. The first-order valence-corrected chi connectivity index (χ1v) is 21.3. The Labute approximate surface area is 342 Å². The van der Waals surface area contributed by atoms with Gasteiger partial charge in [0.2, 0.25) is 0 Å². The molecule has 3 heterocycles. The van der Waals surface area contributed by atoms with Crippen molar-refractivity contribution in [1.29, 1.82) is 0 Å². The average Bonchev–Trinajstić information content (AvgIpc) is 3.94. The number of likely N-dealkylation sites (N-methyl/N-ethyl adjacent to an activating group) is 1. The van der Waals surface area contributed by atoms with E-state index in [0.717, 1.165) is 25.1 Å². The number of rotatable bonds is 7. The second kappa shape index (κ2) is 13.0. The fraction of sp³-hybridized carbons (Fsp3) is 0.111. The molecule has 9 aromatic rings. The van der Waals surface area contributed by atoms with E-state index in [0.29, 0.717) is 0 Å². The van der Waals surface area contributed by atoms with Crippen LogP contribution >= 0.6 is 11.3 Å². The molecule has 3 aliphatic rings. The molecule has 0 bridgehead atoms. The third-order valence-electron chi connectivity index (χ3n) is 13.0. The number of allylic oxidation sites excluding steroid dienone is 4. The van der Waals surface area contributed by atoms with E-state index in [1.165, 1.54) is 97.8 Å². The van der Waals surface area contributed by atoms with Crippen molar-refractivity contribution in [3.8, 4) is 5.69 Å². The van der Waals surface area contributed by atoms with Crippen molar-refractivity contribution in [3.05, 3.63) is 220 Å². The molecule has 2 unspecified atom stereocenters. The van der Waals surface area contributed by atoms with Gasteiger partial charge in [-0.15, -0.1) is 11.3 Å². The number of thiophene rings is 1. The summed E-state index contributed by atoms with van der Waals surface area (Å²) in [5.74, 6) is 0. The number of aromatic nitrogens is 1. The highest BCUT2D eigenvalue weighted by Crippen LogP contribution is 2.63. The first kappa shape index (κ1) is 33.7. The normalized spacial score (nSPS) is 17.4. The SMILES string of the molecule is CNC(/C=C(\NCc1ccccc1)c1cccc2c1sc1c2cc2c3c1c1ccccc1n3-c1ccccc1C21C2=C(C=CCC2)c2ccccc21)c1ccccc1. The molecule has 4 heteroatoms. The van der Waals surface area contributed by atoms with Gasteiger partial charge in [-0.2, -0.15) is 0 Å². The number of nitrogens with zero attached hydrogens (tertiary/aromatic N) is 1.